The summed E-state index contributed by atoms with van der Waals surface area (Å²) in [7, 11) is 2.15. The monoisotopic (exact) mass is 155 g/mol. The molecule has 0 bridgehead atoms. The van der Waals surface area contributed by atoms with Crippen molar-refractivity contribution < 1.29 is 0 Å². The van der Waals surface area contributed by atoms with Crippen LogP contribution in [0.3, 0.4) is 0 Å². The van der Waals surface area contributed by atoms with Crippen molar-refractivity contribution in [2.45, 2.75) is 37.5 Å². The Morgan fingerprint density at radius 3 is 2.64 bits per heavy atom. The van der Waals surface area contributed by atoms with Gasteiger partial charge in [0.25, 0.3) is 0 Å². The van der Waals surface area contributed by atoms with E-state index in [9.17, 15) is 0 Å². The summed E-state index contributed by atoms with van der Waals surface area (Å²) in [5.74, 6) is 0. The predicted molar refractivity (Wildman–Crippen MR) is 45.2 cm³/mol. The molecule has 0 spiro atoms. The van der Waals surface area contributed by atoms with Gasteiger partial charge >= 0.3 is 0 Å². The molecule has 0 aromatic heterocycles. The highest BCUT2D eigenvalue weighted by Gasteiger charge is 2.33. The second-order valence-corrected chi connectivity index (χ2v) is 3.89. The summed E-state index contributed by atoms with van der Waals surface area (Å²) in [5.41, 5.74) is 5.80. The second kappa shape index (κ2) is 2.73. The van der Waals surface area contributed by atoms with Gasteiger partial charge in [-0.25, -0.2) is 0 Å². The Kier molecular flexibility index (Phi) is 1.87. The van der Waals surface area contributed by atoms with Gasteiger partial charge in [0.1, 0.15) is 0 Å². The fourth-order valence-electron chi connectivity index (χ4n) is 1.85. The fourth-order valence-corrected chi connectivity index (χ4v) is 1.85. The van der Waals surface area contributed by atoms with E-state index in [0.717, 1.165) is 0 Å². The Morgan fingerprint density at radius 2 is 2.18 bits per heavy atom. The summed E-state index contributed by atoms with van der Waals surface area (Å²) >= 11 is 0. The summed E-state index contributed by atoms with van der Waals surface area (Å²) in [6.07, 6.45) is 4.30. The van der Waals surface area contributed by atoms with Crippen LogP contribution in [0.15, 0.2) is 0 Å². The van der Waals surface area contributed by atoms with E-state index in [1.54, 1.807) is 0 Å². The maximum absolute atomic E-state index is 5.80. The number of hydrogen-bond acceptors (Lipinski definition) is 3. The first kappa shape index (κ1) is 7.53. The fraction of sp³-hybridized carbons (Fsp3) is 1.00. The third-order valence-electron chi connectivity index (χ3n) is 2.76. The standard InChI is InChI=1S/C8H17N3/c1-11-5-8(11)10-7-3-2-6(9)4-7/h6-8,10H,2-5,9H2,1H3. The molecule has 2 aliphatic rings. The maximum Gasteiger partial charge on any atom is 0.0729 e. The number of likely N-dealkylation sites (N-methyl/N-ethyl adjacent to an activating group) is 1. The number of nitrogens with one attached hydrogen (secondary N) is 1. The largest absolute Gasteiger partial charge is 0.328 e. The van der Waals surface area contributed by atoms with E-state index < -0.39 is 0 Å². The van der Waals surface area contributed by atoms with E-state index >= 15 is 0 Å². The zero-order chi connectivity index (χ0) is 7.84. The lowest BCUT2D eigenvalue weighted by atomic mass is 10.2. The van der Waals surface area contributed by atoms with Crippen LogP contribution < -0.4 is 11.1 Å². The van der Waals surface area contributed by atoms with Gasteiger partial charge in [0.05, 0.1) is 6.17 Å². The second-order valence-electron chi connectivity index (χ2n) is 3.89. The molecular formula is C8H17N3. The zero-order valence-electron chi connectivity index (χ0n) is 7.09. The van der Waals surface area contributed by atoms with Crippen LogP contribution in [-0.4, -0.2) is 36.7 Å². The molecule has 11 heavy (non-hydrogen) atoms. The topological polar surface area (TPSA) is 41.1 Å². The first-order chi connectivity index (χ1) is 5.25. The van der Waals surface area contributed by atoms with E-state index in [1.165, 1.54) is 25.8 Å². The summed E-state index contributed by atoms with van der Waals surface area (Å²) in [6, 6.07) is 1.15. The maximum atomic E-state index is 5.80. The van der Waals surface area contributed by atoms with Crippen LogP contribution in [0.25, 0.3) is 0 Å². The van der Waals surface area contributed by atoms with Crippen molar-refractivity contribution in [2.75, 3.05) is 13.6 Å². The normalized spacial score (nSPS) is 49.6. The van der Waals surface area contributed by atoms with E-state index in [0.29, 0.717) is 18.2 Å². The van der Waals surface area contributed by atoms with Crippen LogP contribution in [0.4, 0.5) is 0 Å². The highest BCUT2D eigenvalue weighted by molar-refractivity contribution is 4.90. The smallest absolute Gasteiger partial charge is 0.0729 e. The van der Waals surface area contributed by atoms with E-state index in [4.69, 9.17) is 5.73 Å². The van der Waals surface area contributed by atoms with Crippen molar-refractivity contribution >= 4 is 0 Å². The van der Waals surface area contributed by atoms with Gasteiger partial charge in [0.15, 0.2) is 0 Å². The van der Waals surface area contributed by atoms with Crippen molar-refractivity contribution in [3.05, 3.63) is 0 Å². The van der Waals surface area contributed by atoms with Crippen LogP contribution in [0.2, 0.25) is 0 Å². The van der Waals surface area contributed by atoms with E-state index in [-0.39, 0.29) is 0 Å². The molecule has 1 saturated carbocycles. The Balaban J connectivity index is 1.71. The Hall–Kier alpha value is -0.120. The quantitative estimate of drug-likeness (QED) is 0.539. The molecule has 3 N–H and O–H groups in total. The molecular weight excluding hydrogens is 138 g/mol. The zero-order valence-corrected chi connectivity index (χ0v) is 7.09. The Labute approximate surface area is 67.9 Å². The lowest BCUT2D eigenvalue weighted by Crippen LogP contribution is -2.32. The Bertz CT molecular complexity index is 148. The molecule has 2 rings (SSSR count). The van der Waals surface area contributed by atoms with Gasteiger partial charge in [-0.2, -0.15) is 0 Å². The van der Waals surface area contributed by atoms with E-state index in [2.05, 4.69) is 17.3 Å². The van der Waals surface area contributed by atoms with Gasteiger partial charge in [0.2, 0.25) is 0 Å². The van der Waals surface area contributed by atoms with Gasteiger partial charge < -0.3 is 5.73 Å². The molecule has 0 radical (unpaired) electrons. The first-order valence-corrected chi connectivity index (χ1v) is 4.47. The van der Waals surface area contributed by atoms with Gasteiger partial charge in [-0.05, 0) is 26.3 Å². The van der Waals surface area contributed by atoms with Crippen LogP contribution in [-0.2, 0) is 0 Å². The average Bonchev–Trinajstić information content (AvgIpc) is 2.42. The van der Waals surface area contributed by atoms with Crippen molar-refractivity contribution in [1.82, 2.24) is 10.2 Å². The summed E-state index contributed by atoms with van der Waals surface area (Å²) in [5, 5.41) is 3.58. The minimum absolute atomic E-state index is 0.455. The van der Waals surface area contributed by atoms with Crippen molar-refractivity contribution in [2.24, 2.45) is 5.73 Å². The molecule has 4 atom stereocenters. The average molecular weight is 155 g/mol. The number of rotatable bonds is 2. The molecule has 64 valence electrons. The first-order valence-electron chi connectivity index (χ1n) is 4.47. The van der Waals surface area contributed by atoms with Crippen LogP contribution in [0.5, 0.6) is 0 Å². The number of nitrogens with zero attached hydrogens (tertiary/aromatic N) is 1. The van der Waals surface area contributed by atoms with Gasteiger partial charge in [0, 0.05) is 18.6 Å². The molecule has 1 saturated heterocycles. The molecule has 1 aliphatic heterocycles. The van der Waals surface area contributed by atoms with Crippen molar-refractivity contribution in [1.29, 1.82) is 0 Å². The third-order valence-corrected chi connectivity index (χ3v) is 2.76. The summed E-state index contributed by atoms with van der Waals surface area (Å²) in [4.78, 5) is 2.31. The third kappa shape index (κ3) is 1.72. The van der Waals surface area contributed by atoms with Crippen molar-refractivity contribution in [3.63, 3.8) is 0 Å². The van der Waals surface area contributed by atoms with E-state index in [1.807, 2.05) is 0 Å². The molecule has 1 aliphatic carbocycles. The molecule has 0 aromatic carbocycles. The van der Waals surface area contributed by atoms with Crippen LogP contribution in [0.1, 0.15) is 19.3 Å². The predicted octanol–water partition coefficient (Wildman–Crippen LogP) is -0.273. The van der Waals surface area contributed by atoms with Crippen molar-refractivity contribution in [3.8, 4) is 0 Å². The highest BCUT2D eigenvalue weighted by Crippen LogP contribution is 2.20. The molecule has 3 heteroatoms. The SMILES string of the molecule is CN1CC1NC1CCC(N)C1. The lowest BCUT2D eigenvalue weighted by molar-refractivity contribution is 0.452. The number of hydrogen-bond donors (Lipinski definition) is 2. The Morgan fingerprint density at radius 1 is 1.45 bits per heavy atom. The minimum Gasteiger partial charge on any atom is -0.328 e. The van der Waals surface area contributed by atoms with Crippen LogP contribution >= 0.6 is 0 Å². The molecule has 1 heterocycles. The summed E-state index contributed by atoms with van der Waals surface area (Å²) in [6.45, 7) is 1.21. The minimum atomic E-state index is 0.455. The van der Waals surface area contributed by atoms with Gasteiger partial charge in [-0.3, -0.25) is 10.2 Å². The van der Waals surface area contributed by atoms with Gasteiger partial charge in [-0.1, -0.05) is 0 Å². The lowest BCUT2D eigenvalue weighted by Gasteiger charge is -2.10. The molecule has 4 unspecified atom stereocenters. The highest BCUT2D eigenvalue weighted by atomic mass is 15.4. The molecule has 2 fully saturated rings. The number of nitrogens with two attached hydrogens (primary N) is 1. The summed E-state index contributed by atoms with van der Waals surface area (Å²) < 4.78 is 0. The van der Waals surface area contributed by atoms with Gasteiger partial charge in [-0.15, -0.1) is 0 Å². The molecule has 3 nitrogen and oxygen atoms in total. The molecule has 0 aromatic rings. The molecule has 0 amide bonds. The van der Waals surface area contributed by atoms with Crippen LogP contribution in [0, 0.1) is 0 Å².